The van der Waals surface area contributed by atoms with Crippen LogP contribution in [0.5, 0.6) is 11.5 Å². The fourth-order valence-corrected chi connectivity index (χ4v) is 17.8. The first-order chi connectivity index (χ1) is 68.5. The van der Waals surface area contributed by atoms with Gasteiger partial charge in [0.1, 0.15) is 96.1 Å². The highest BCUT2D eigenvalue weighted by Gasteiger charge is 2.46. The Kier molecular flexibility index (Phi) is 44.3. The molecular formula is C97H143N29O17. The zero-order chi connectivity index (χ0) is 104. The number of H-pyrrole nitrogens is 2. The number of rotatable bonds is 37. The molecule has 46 nitrogen and oxygen atoms in total. The number of nitrogens with two attached hydrogens (primary N) is 7. The predicted octanol–water partition coefficient (Wildman–Crippen LogP) is -2.37. The van der Waals surface area contributed by atoms with Gasteiger partial charge in [0.15, 0.2) is 17.9 Å². The molecule has 2 aromatic heterocycles. The average molecular weight is 1990 g/mol. The predicted molar refractivity (Wildman–Crippen MR) is 534 cm³/mol. The number of nitrogens with one attached hydrogen (secondary N) is 20. The number of phenols is 2. The van der Waals surface area contributed by atoms with Crippen LogP contribution in [0.1, 0.15) is 177 Å². The summed E-state index contributed by atoms with van der Waals surface area (Å²) in [6.45, 7) is 3.87. The monoisotopic (exact) mass is 1990 g/mol. The molecule has 143 heavy (non-hydrogen) atoms. The maximum absolute atomic E-state index is 15.7. The van der Waals surface area contributed by atoms with Gasteiger partial charge in [-0.15, -0.1) is 0 Å². The van der Waals surface area contributed by atoms with E-state index in [1.807, 2.05) is 0 Å². The highest BCUT2D eigenvalue weighted by molar-refractivity contribution is 6.02. The molecule has 0 spiro atoms. The van der Waals surface area contributed by atoms with Gasteiger partial charge in [0.25, 0.3) is 0 Å². The zero-order valence-corrected chi connectivity index (χ0v) is 81.0. The van der Waals surface area contributed by atoms with Gasteiger partial charge in [0.05, 0.1) is 0 Å². The number of hydrogen-bond acceptors (Lipinski definition) is 23. The number of fused-ring (bicyclic) bond motifs is 4. The molecule has 3 saturated heterocycles. The zero-order valence-electron chi connectivity index (χ0n) is 81.0. The summed E-state index contributed by atoms with van der Waals surface area (Å²) < 4.78 is 0. The third-order valence-corrected chi connectivity index (χ3v) is 25.4. The third-order valence-electron chi connectivity index (χ3n) is 25.4. The van der Waals surface area contributed by atoms with Crippen molar-refractivity contribution in [2.75, 3.05) is 52.4 Å². The van der Waals surface area contributed by atoms with Crippen LogP contribution in [0.25, 0.3) is 21.8 Å². The number of amides is 15. The van der Waals surface area contributed by atoms with E-state index in [2.05, 4.69) is 89.7 Å². The van der Waals surface area contributed by atoms with Crippen LogP contribution < -0.4 is 120 Å². The minimum atomic E-state index is -1.66. The second-order valence-electron chi connectivity index (χ2n) is 36.9. The third kappa shape index (κ3) is 35.2. The Hall–Kier alpha value is -14.7. The number of guanidine groups is 3. The molecule has 46 heteroatoms. The standard InChI is InChI=1S/C97H143N29O17/c1-55(2)48-73-87(136)116-67(23-8-11-41-99)82(131)113-66(22-7-10-40-98)81(130)114-69(25-13-43-108-95(102)103)83(132)115-70(26-14-44-109-96(104)105)85(134)123-76(51-58-53-111-64-20-5-3-18-62(58)64)90(139)117-68(24-9-12-42-100)84(133)121-75(50-57-32-36-61(128)37-33-57)89(138)122-74(49-56-30-34-60(127)35-31-56)88(137)119-72(27-15-45-110-97(106)107)93(142)126-47-17-29-79(126)94(143)125-46-16-28-78(125)92(141)118-71(38-39-80(101)129)86(135)124-77(91(140)120-73)52-59-54-112-65-21-6-4-19-63(59)65/h3-6,18-21,30-37,53-55,66-79,111-112,127-128H,7-17,22-29,38-52,98-100H2,1-2H3,(H2,101,129)(H,113,131)(H,114,130)(H,115,132)(H,116,136)(H,117,139)(H,118,141)(H,119,137)(H,120,140)(H,121,133)(H,122,138)(H,123,134)(H,124,135)(H4,102,103,108)(H4,104,105,109)(H4,106,107,110)/t66-,67-,68-,69-,70-,71-,72-,73-,74-,75-,76-,77-,78-,79+/m0/s1. The van der Waals surface area contributed by atoms with E-state index in [9.17, 15) is 15.0 Å². The first kappa shape index (κ1) is 112. The second-order valence-corrected chi connectivity index (χ2v) is 36.9. The lowest BCUT2D eigenvalue weighted by atomic mass is 9.99. The maximum atomic E-state index is 15.7. The molecule has 0 saturated carbocycles. The number of benzene rings is 4. The number of carbonyl (C=O) groups is 15. The highest BCUT2D eigenvalue weighted by atomic mass is 16.3. The molecule has 5 heterocycles. The van der Waals surface area contributed by atoms with Crippen LogP contribution in [0.3, 0.4) is 0 Å². The van der Waals surface area contributed by atoms with E-state index >= 15 is 67.1 Å². The molecule has 15 amide bonds. The lowest BCUT2D eigenvalue weighted by Crippen LogP contribution is -2.61. The summed E-state index contributed by atoms with van der Waals surface area (Å²) in [5.74, 6) is -15.6. The SMILES string of the molecule is CC(C)C[C@@H]1NC(=O)[C@H](Cc2c[nH]c3ccccc23)NC(=O)[C@H](CCC(N)=O)NC(=O)[C@@H]2CCCN2C(=O)[C@H]2CCCN2C(=O)[C@H](CCCNC(=N)N)NC(=O)[C@H](Cc2ccc(O)cc2)NC(=O)[C@H](Cc2ccc(O)cc2)NC(=O)[C@H](CCCCN)NC(=O)[C@H](Cc2c[nH]c3ccccc23)NC(=O)[C@H](CCCNC(=N)N)NC(=O)[C@H](CCCNC(=N)N)NC(=O)[C@H](CCCCN)NC(=O)[C@H](CCCCN)NC1=O. The normalized spacial score (nSPS) is 23.0. The summed E-state index contributed by atoms with van der Waals surface area (Å²) >= 11 is 0. The van der Waals surface area contributed by atoms with Gasteiger partial charge in [-0.3, -0.25) is 88.1 Å². The fraction of sp³-hybridized carbons (Fsp3) is 0.526. The van der Waals surface area contributed by atoms with Crippen molar-refractivity contribution in [1.29, 1.82) is 16.2 Å². The van der Waals surface area contributed by atoms with Gasteiger partial charge in [0.2, 0.25) is 88.6 Å². The first-order valence-corrected chi connectivity index (χ1v) is 49.0. The Morgan fingerprint density at radius 3 is 1.01 bits per heavy atom. The van der Waals surface area contributed by atoms with Crippen molar-refractivity contribution in [1.82, 2.24) is 99.5 Å². The Balaban J connectivity index is 1.16. The molecule has 0 unspecified atom stereocenters. The summed E-state index contributed by atoms with van der Waals surface area (Å²) in [6, 6.07) is 4.01. The number of aromatic hydroxyl groups is 2. The van der Waals surface area contributed by atoms with Crippen molar-refractivity contribution in [2.45, 2.75) is 265 Å². The van der Waals surface area contributed by atoms with Gasteiger partial charge >= 0.3 is 0 Å². The van der Waals surface area contributed by atoms with Gasteiger partial charge in [0, 0.05) is 99.0 Å². The largest absolute Gasteiger partial charge is 0.508 e. The van der Waals surface area contributed by atoms with Crippen molar-refractivity contribution in [2.24, 2.45) is 46.1 Å². The Morgan fingerprint density at radius 2 is 0.650 bits per heavy atom. The number of para-hydroxylation sites is 2. The summed E-state index contributed by atoms with van der Waals surface area (Å²) in [5.41, 5.74) is 43.9. The fourth-order valence-electron chi connectivity index (χ4n) is 17.8. The van der Waals surface area contributed by atoms with E-state index in [1.165, 1.54) is 58.3 Å². The molecule has 0 bridgehead atoms. The van der Waals surface area contributed by atoms with Crippen molar-refractivity contribution in [3.63, 3.8) is 0 Å². The van der Waals surface area contributed by atoms with Gasteiger partial charge < -0.3 is 150 Å². The number of unbranched alkanes of at least 4 members (excludes halogenated alkanes) is 3. The van der Waals surface area contributed by atoms with Crippen molar-refractivity contribution >= 4 is 128 Å². The average Bonchev–Trinajstić information content (AvgIpc) is 1.66. The first-order valence-electron chi connectivity index (χ1n) is 49.0. The molecular weight excluding hydrogens is 1840 g/mol. The number of hydrogen-bond donors (Lipinski definition) is 29. The molecule has 9 rings (SSSR count). The summed E-state index contributed by atoms with van der Waals surface area (Å²) in [4.78, 5) is 238. The number of nitrogens with zero attached hydrogens (tertiary/aromatic N) is 2. The number of primary amides is 1. The molecule has 14 atom stereocenters. The van der Waals surface area contributed by atoms with E-state index in [0.29, 0.717) is 63.3 Å². The van der Waals surface area contributed by atoms with Gasteiger partial charge in [-0.05, 0) is 219 Å². The van der Waals surface area contributed by atoms with Crippen LogP contribution in [0.4, 0.5) is 0 Å². The molecule has 778 valence electrons. The van der Waals surface area contributed by atoms with Crippen molar-refractivity contribution in [3.8, 4) is 11.5 Å². The molecule has 0 radical (unpaired) electrons. The van der Waals surface area contributed by atoms with E-state index in [-0.39, 0.29) is 205 Å². The molecule has 3 aliphatic heterocycles. The van der Waals surface area contributed by atoms with Crippen molar-refractivity contribution in [3.05, 3.63) is 132 Å². The Labute approximate surface area is 829 Å². The van der Waals surface area contributed by atoms with E-state index < -0.39 is 204 Å². The van der Waals surface area contributed by atoms with Crippen LogP contribution in [0.15, 0.2) is 109 Å². The minimum absolute atomic E-state index is 0.00190. The summed E-state index contributed by atoms with van der Waals surface area (Å²) in [6.07, 6.45) is 2.40. The highest BCUT2D eigenvalue weighted by Crippen LogP contribution is 2.29. The molecule has 3 aliphatic rings. The van der Waals surface area contributed by atoms with Crippen LogP contribution in [0, 0.1) is 22.1 Å². The van der Waals surface area contributed by atoms with E-state index in [0.717, 1.165) is 0 Å². The molecule has 0 aliphatic carbocycles. The minimum Gasteiger partial charge on any atom is -0.508 e. The maximum Gasteiger partial charge on any atom is 0.246 e. The van der Waals surface area contributed by atoms with Gasteiger partial charge in [-0.1, -0.05) is 74.5 Å². The summed E-state index contributed by atoms with van der Waals surface area (Å²) in [5, 5.41) is 87.6. The van der Waals surface area contributed by atoms with E-state index in [4.69, 9.17) is 56.4 Å². The van der Waals surface area contributed by atoms with Gasteiger partial charge in [-0.25, -0.2) is 0 Å². The number of carbonyl (C=O) groups excluding carboxylic acids is 15. The lowest BCUT2D eigenvalue weighted by molar-refractivity contribution is -0.148. The molecule has 6 aromatic rings. The lowest BCUT2D eigenvalue weighted by Gasteiger charge is -2.34. The van der Waals surface area contributed by atoms with Crippen LogP contribution in [-0.2, 0) is 97.6 Å². The Morgan fingerprint density at radius 1 is 0.357 bits per heavy atom. The van der Waals surface area contributed by atoms with Crippen molar-refractivity contribution < 1.29 is 82.1 Å². The van der Waals surface area contributed by atoms with Crippen LogP contribution >= 0.6 is 0 Å². The molecule has 36 N–H and O–H groups in total. The van der Waals surface area contributed by atoms with Gasteiger partial charge in [-0.2, -0.15) is 0 Å². The van der Waals surface area contributed by atoms with Crippen LogP contribution in [0.2, 0.25) is 0 Å². The van der Waals surface area contributed by atoms with Crippen LogP contribution in [-0.4, -0.2) is 273 Å². The Bertz CT molecular complexity index is 5370. The smallest absolute Gasteiger partial charge is 0.246 e. The van der Waals surface area contributed by atoms with E-state index in [1.54, 1.807) is 74.8 Å². The second kappa shape index (κ2) is 56.7. The topological polar surface area (TPSA) is 769 Å². The quantitative estimate of drug-likeness (QED) is 0.0110. The molecule has 3 fully saturated rings. The summed E-state index contributed by atoms with van der Waals surface area (Å²) in [7, 11) is 0. The number of aromatic nitrogens is 2. The number of aromatic amines is 2. The number of phenolic OH excluding ortho intramolecular Hbond substituents is 2. The molecule has 4 aromatic carbocycles.